The molecule has 2 saturated heterocycles. The topological polar surface area (TPSA) is 62.3 Å². The predicted octanol–water partition coefficient (Wildman–Crippen LogP) is 1.26. The van der Waals surface area contributed by atoms with Crippen LogP contribution in [0.3, 0.4) is 0 Å². The minimum Gasteiger partial charge on any atom is -0.354 e. The zero-order valence-corrected chi connectivity index (χ0v) is 12.9. The molecule has 20 heavy (non-hydrogen) atoms. The Balaban J connectivity index is 1.56. The second-order valence-electron chi connectivity index (χ2n) is 5.29. The van der Waals surface area contributed by atoms with E-state index in [1.165, 1.54) is 0 Å². The molecule has 0 radical (unpaired) electrons. The maximum absolute atomic E-state index is 12.3. The highest BCUT2D eigenvalue weighted by Gasteiger charge is 2.52. The van der Waals surface area contributed by atoms with Gasteiger partial charge in [0.25, 0.3) is 0 Å². The van der Waals surface area contributed by atoms with Crippen molar-refractivity contribution in [3.8, 4) is 0 Å². The van der Waals surface area contributed by atoms with Crippen molar-refractivity contribution in [1.29, 1.82) is 0 Å². The van der Waals surface area contributed by atoms with Crippen LogP contribution in [0.1, 0.15) is 25.5 Å². The van der Waals surface area contributed by atoms with E-state index in [0.717, 1.165) is 18.5 Å². The summed E-state index contributed by atoms with van der Waals surface area (Å²) in [6.45, 7) is 2.63. The molecule has 2 fully saturated rings. The first-order valence-electron chi connectivity index (χ1n) is 6.71. The molecule has 0 aliphatic carbocycles. The Kier molecular flexibility index (Phi) is 3.72. The summed E-state index contributed by atoms with van der Waals surface area (Å²) < 4.78 is 0. The number of thioether (sulfide) groups is 1. The van der Waals surface area contributed by atoms with Gasteiger partial charge in [-0.2, -0.15) is 0 Å². The Hall–Kier alpha value is -1.08. The van der Waals surface area contributed by atoms with Crippen LogP contribution in [0.2, 0.25) is 0 Å². The molecule has 108 valence electrons. The quantitative estimate of drug-likeness (QED) is 0.909. The van der Waals surface area contributed by atoms with E-state index in [-0.39, 0.29) is 22.7 Å². The van der Waals surface area contributed by atoms with Gasteiger partial charge in [-0.05, 0) is 13.3 Å². The number of aromatic nitrogens is 1. The first kappa shape index (κ1) is 13.9. The van der Waals surface area contributed by atoms with Crippen LogP contribution in [0.4, 0.5) is 0 Å². The number of rotatable bonds is 4. The Morgan fingerprint density at radius 3 is 3.25 bits per heavy atom. The van der Waals surface area contributed by atoms with E-state index in [2.05, 4.69) is 17.2 Å². The third kappa shape index (κ3) is 2.44. The number of amides is 2. The number of hydrogen-bond donors (Lipinski definition) is 1. The molecule has 0 aromatic carbocycles. The highest BCUT2D eigenvalue weighted by atomic mass is 32.2. The molecule has 1 aromatic heterocycles. The lowest BCUT2D eigenvalue weighted by Gasteiger charge is -2.29. The fraction of sp³-hybridized carbons (Fsp3) is 0.615. The highest BCUT2D eigenvalue weighted by Crippen LogP contribution is 2.47. The van der Waals surface area contributed by atoms with Gasteiger partial charge < -0.3 is 10.2 Å². The fourth-order valence-corrected chi connectivity index (χ4v) is 4.83. The van der Waals surface area contributed by atoms with E-state index >= 15 is 0 Å². The minimum absolute atomic E-state index is 0.0355. The number of thiazole rings is 1. The van der Waals surface area contributed by atoms with E-state index in [4.69, 9.17) is 0 Å². The zero-order valence-electron chi connectivity index (χ0n) is 11.3. The van der Waals surface area contributed by atoms with E-state index in [1.54, 1.807) is 33.5 Å². The average molecular weight is 311 g/mol. The van der Waals surface area contributed by atoms with Gasteiger partial charge in [0.15, 0.2) is 0 Å². The van der Waals surface area contributed by atoms with Crippen molar-refractivity contribution in [2.75, 3.05) is 12.3 Å². The van der Waals surface area contributed by atoms with Gasteiger partial charge in [0.05, 0.1) is 16.1 Å². The summed E-state index contributed by atoms with van der Waals surface area (Å²) in [6.07, 6.45) is 2.14. The maximum atomic E-state index is 12.3. The Bertz CT molecular complexity index is 520. The van der Waals surface area contributed by atoms with Gasteiger partial charge in [-0.15, -0.1) is 23.1 Å². The summed E-state index contributed by atoms with van der Waals surface area (Å²) in [7, 11) is 0. The summed E-state index contributed by atoms with van der Waals surface area (Å²) in [6, 6.07) is -0.310. The summed E-state index contributed by atoms with van der Waals surface area (Å²) >= 11 is 3.28. The van der Waals surface area contributed by atoms with Gasteiger partial charge in [0, 0.05) is 30.5 Å². The molecule has 7 heteroatoms. The van der Waals surface area contributed by atoms with E-state index in [0.29, 0.717) is 18.7 Å². The van der Waals surface area contributed by atoms with Crippen molar-refractivity contribution in [3.63, 3.8) is 0 Å². The first-order valence-corrected chi connectivity index (χ1v) is 8.64. The van der Waals surface area contributed by atoms with Crippen LogP contribution in [0.15, 0.2) is 10.9 Å². The third-order valence-electron chi connectivity index (χ3n) is 3.91. The number of nitrogens with one attached hydrogen (secondary N) is 1. The van der Waals surface area contributed by atoms with Crippen LogP contribution in [-0.2, 0) is 16.0 Å². The molecule has 2 aliphatic rings. The van der Waals surface area contributed by atoms with Gasteiger partial charge in [0.1, 0.15) is 6.04 Å². The molecule has 0 spiro atoms. The molecule has 2 unspecified atom stereocenters. The fourth-order valence-electron chi connectivity index (χ4n) is 2.81. The molecule has 3 rings (SSSR count). The van der Waals surface area contributed by atoms with Crippen LogP contribution in [0.5, 0.6) is 0 Å². The normalized spacial score (nSPS) is 28.8. The molecule has 2 aliphatic heterocycles. The lowest BCUT2D eigenvalue weighted by atomic mass is 10.2. The smallest absolute Gasteiger partial charge is 0.243 e. The molecule has 5 nitrogen and oxygen atoms in total. The van der Waals surface area contributed by atoms with E-state index < -0.39 is 0 Å². The van der Waals surface area contributed by atoms with Gasteiger partial charge in [0.2, 0.25) is 11.8 Å². The van der Waals surface area contributed by atoms with E-state index in [9.17, 15) is 9.59 Å². The van der Waals surface area contributed by atoms with Crippen LogP contribution in [0, 0.1) is 0 Å². The van der Waals surface area contributed by atoms with Crippen LogP contribution in [0.25, 0.3) is 0 Å². The molecular formula is C13H17N3O2S2. The van der Waals surface area contributed by atoms with Gasteiger partial charge >= 0.3 is 0 Å². The molecule has 2 atom stereocenters. The van der Waals surface area contributed by atoms with Crippen LogP contribution >= 0.6 is 23.1 Å². The van der Waals surface area contributed by atoms with Crippen molar-refractivity contribution in [1.82, 2.24) is 15.2 Å². The lowest BCUT2D eigenvalue weighted by Crippen LogP contribution is -2.50. The van der Waals surface area contributed by atoms with Crippen molar-refractivity contribution in [2.24, 2.45) is 0 Å². The second-order valence-corrected chi connectivity index (χ2v) is 7.51. The van der Waals surface area contributed by atoms with Crippen molar-refractivity contribution >= 4 is 34.9 Å². The molecular weight excluding hydrogens is 294 g/mol. The summed E-state index contributed by atoms with van der Waals surface area (Å²) in [5.41, 5.74) is 2.79. The molecule has 0 bridgehead atoms. The van der Waals surface area contributed by atoms with E-state index in [1.807, 2.05) is 5.38 Å². The Morgan fingerprint density at radius 1 is 1.65 bits per heavy atom. The van der Waals surface area contributed by atoms with Crippen LogP contribution in [-0.4, -0.2) is 44.9 Å². The Morgan fingerprint density at radius 2 is 2.50 bits per heavy atom. The van der Waals surface area contributed by atoms with Gasteiger partial charge in [-0.1, -0.05) is 0 Å². The summed E-state index contributed by atoms with van der Waals surface area (Å²) in [5, 5.41) is 4.92. The second kappa shape index (κ2) is 5.37. The summed E-state index contributed by atoms with van der Waals surface area (Å²) in [4.78, 5) is 30.0. The number of fused-ring (bicyclic) bond motifs is 1. The van der Waals surface area contributed by atoms with Crippen molar-refractivity contribution < 1.29 is 9.59 Å². The molecule has 2 amide bonds. The van der Waals surface area contributed by atoms with Gasteiger partial charge in [-0.25, -0.2) is 4.98 Å². The lowest BCUT2D eigenvalue weighted by molar-refractivity contribution is -0.137. The third-order valence-corrected chi connectivity index (χ3v) is 6.05. The highest BCUT2D eigenvalue weighted by molar-refractivity contribution is 8.01. The van der Waals surface area contributed by atoms with Crippen molar-refractivity contribution in [3.05, 3.63) is 16.6 Å². The summed E-state index contributed by atoms with van der Waals surface area (Å²) in [5.74, 6) is 0.772. The number of hydrogen-bond acceptors (Lipinski definition) is 5. The molecule has 1 aromatic rings. The minimum atomic E-state index is -0.310. The Labute approximate surface area is 126 Å². The predicted molar refractivity (Wildman–Crippen MR) is 79.6 cm³/mol. The average Bonchev–Trinajstić information content (AvgIpc) is 3.09. The molecule has 1 N–H and O–H groups in total. The number of carbonyl (C=O) groups is 2. The number of carbonyl (C=O) groups excluding carboxylic acids is 2. The first-order chi connectivity index (χ1) is 9.60. The SMILES string of the molecule is CC12CCC(=O)N1C(C(=O)NCCc1cscn1)CS2. The largest absolute Gasteiger partial charge is 0.354 e. The van der Waals surface area contributed by atoms with Crippen LogP contribution < -0.4 is 5.32 Å². The molecule has 3 heterocycles. The van der Waals surface area contributed by atoms with Crippen molar-refractivity contribution in [2.45, 2.75) is 37.1 Å². The number of nitrogens with zero attached hydrogens (tertiary/aromatic N) is 2. The van der Waals surface area contributed by atoms with Gasteiger partial charge in [-0.3, -0.25) is 9.59 Å². The maximum Gasteiger partial charge on any atom is 0.243 e. The standard InChI is InChI=1S/C13H17N3O2S2/c1-13-4-2-11(17)16(13)10(7-20-13)12(18)14-5-3-9-6-19-8-15-9/h6,8,10H,2-5,7H2,1H3,(H,14,18). The zero-order chi connectivity index (χ0) is 14.2. The molecule has 0 saturated carbocycles. The monoisotopic (exact) mass is 311 g/mol.